The van der Waals surface area contributed by atoms with Crippen molar-refractivity contribution in [1.82, 2.24) is 4.98 Å². The molecule has 2 aromatic rings. The molecule has 1 aromatic heterocycles. The zero-order chi connectivity index (χ0) is 15.1. The Morgan fingerprint density at radius 1 is 1.29 bits per heavy atom. The summed E-state index contributed by atoms with van der Waals surface area (Å²) in [6.45, 7) is 2.16. The molecule has 21 heavy (non-hydrogen) atoms. The normalized spacial score (nSPS) is 9.38. The van der Waals surface area contributed by atoms with Gasteiger partial charge in [0.25, 0.3) is 0 Å². The fourth-order valence-corrected chi connectivity index (χ4v) is 1.79. The van der Waals surface area contributed by atoms with Gasteiger partial charge in [0.15, 0.2) is 0 Å². The van der Waals surface area contributed by atoms with Crippen molar-refractivity contribution in [2.75, 3.05) is 6.61 Å². The maximum atomic E-state index is 8.80. The van der Waals surface area contributed by atoms with Crippen LogP contribution in [0.5, 0.6) is 5.75 Å². The number of hydrogen-bond acceptors (Lipinski definition) is 4. The summed E-state index contributed by atoms with van der Waals surface area (Å²) in [4.78, 5) is 3.91. The number of aryl methyl sites for hydroxylation is 1. The first kappa shape index (κ1) is 14.6. The van der Waals surface area contributed by atoms with Crippen molar-refractivity contribution in [3.8, 4) is 23.7 Å². The molecule has 4 heteroatoms. The molecule has 0 amide bonds. The van der Waals surface area contributed by atoms with Crippen LogP contribution < -0.4 is 4.74 Å². The van der Waals surface area contributed by atoms with E-state index in [9.17, 15) is 0 Å². The van der Waals surface area contributed by atoms with Crippen molar-refractivity contribution in [3.63, 3.8) is 0 Å². The Kier molecular flexibility index (Phi) is 4.93. The number of aliphatic hydroxyl groups excluding tert-OH is 1. The van der Waals surface area contributed by atoms with Gasteiger partial charge in [-0.1, -0.05) is 11.8 Å². The molecule has 1 heterocycles. The third kappa shape index (κ3) is 4.07. The Morgan fingerprint density at radius 2 is 2.14 bits per heavy atom. The Hall–Kier alpha value is -2.82. The second-order valence-corrected chi connectivity index (χ2v) is 4.39. The monoisotopic (exact) mass is 278 g/mol. The Morgan fingerprint density at radius 3 is 2.86 bits per heavy atom. The number of aromatic nitrogens is 1. The zero-order valence-electron chi connectivity index (χ0n) is 11.6. The van der Waals surface area contributed by atoms with Crippen molar-refractivity contribution in [2.24, 2.45) is 0 Å². The van der Waals surface area contributed by atoms with Crippen LogP contribution in [0.3, 0.4) is 0 Å². The van der Waals surface area contributed by atoms with Gasteiger partial charge in [-0.25, -0.2) is 4.98 Å². The molecule has 4 nitrogen and oxygen atoms in total. The first-order valence-corrected chi connectivity index (χ1v) is 6.41. The lowest BCUT2D eigenvalue weighted by Crippen LogP contribution is -1.97. The zero-order valence-corrected chi connectivity index (χ0v) is 11.6. The summed E-state index contributed by atoms with van der Waals surface area (Å²) in [6.07, 6.45) is 1.59. The van der Waals surface area contributed by atoms with E-state index < -0.39 is 0 Å². The van der Waals surface area contributed by atoms with Crippen LogP contribution in [0.4, 0.5) is 0 Å². The van der Waals surface area contributed by atoms with E-state index in [4.69, 9.17) is 15.1 Å². The molecular weight excluding hydrogens is 264 g/mol. The molecule has 2 rings (SSSR count). The minimum absolute atomic E-state index is 0.152. The molecule has 104 valence electrons. The summed E-state index contributed by atoms with van der Waals surface area (Å²) in [7, 11) is 0. The quantitative estimate of drug-likeness (QED) is 0.874. The van der Waals surface area contributed by atoms with Gasteiger partial charge in [0.1, 0.15) is 30.7 Å². The van der Waals surface area contributed by atoms with Crippen LogP contribution in [0.15, 0.2) is 36.5 Å². The number of rotatable bonds is 3. The van der Waals surface area contributed by atoms with Gasteiger partial charge >= 0.3 is 0 Å². The fourth-order valence-electron chi connectivity index (χ4n) is 1.79. The maximum Gasteiger partial charge on any atom is 0.140 e. The largest absolute Gasteiger partial charge is 0.489 e. The molecule has 1 aromatic carbocycles. The maximum absolute atomic E-state index is 8.80. The Bertz CT molecular complexity index is 736. The summed E-state index contributed by atoms with van der Waals surface area (Å²) >= 11 is 0. The lowest BCUT2D eigenvalue weighted by atomic mass is 10.1. The molecule has 0 spiro atoms. The average molecular weight is 278 g/mol. The van der Waals surface area contributed by atoms with Gasteiger partial charge in [-0.05, 0) is 48.4 Å². The van der Waals surface area contributed by atoms with Crippen molar-refractivity contribution in [3.05, 3.63) is 58.9 Å². The van der Waals surface area contributed by atoms with Gasteiger partial charge in [-0.2, -0.15) is 5.26 Å². The lowest BCUT2D eigenvalue weighted by molar-refractivity contribution is 0.306. The highest BCUT2D eigenvalue weighted by molar-refractivity contribution is 5.44. The van der Waals surface area contributed by atoms with Crippen molar-refractivity contribution >= 4 is 0 Å². The van der Waals surface area contributed by atoms with E-state index in [1.54, 1.807) is 12.3 Å². The van der Waals surface area contributed by atoms with Gasteiger partial charge in [0, 0.05) is 11.8 Å². The Balaban J connectivity index is 2.07. The van der Waals surface area contributed by atoms with Gasteiger partial charge in [-0.15, -0.1) is 0 Å². The minimum Gasteiger partial charge on any atom is -0.489 e. The smallest absolute Gasteiger partial charge is 0.140 e. The highest BCUT2D eigenvalue weighted by Gasteiger charge is 2.01. The molecule has 0 fully saturated rings. The second-order valence-electron chi connectivity index (χ2n) is 4.39. The van der Waals surface area contributed by atoms with Crippen LogP contribution in [0.2, 0.25) is 0 Å². The third-order valence-corrected chi connectivity index (χ3v) is 2.84. The second kappa shape index (κ2) is 7.09. The van der Waals surface area contributed by atoms with Crippen LogP contribution in [0, 0.1) is 30.1 Å². The van der Waals surface area contributed by atoms with Crippen LogP contribution in [-0.2, 0) is 6.61 Å². The third-order valence-electron chi connectivity index (χ3n) is 2.84. The summed E-state index contributed by atoms with van der Waals surface area (Å²) in [5.74, 6) is 6.24. The van der Waals surface area contributed by atoms with Crippen LogP contribution >= 0.6 is 0 Å². The van der Waals surface area contributed by atoms with Gasteiger partial charge in [0.05, 0.1) is 0 Å². The molecule has 0 unspecified atom stereocenters. The van der Waals surface area contributed by atoms with Crippen LogP contribution in [0.25, 0.3) is 0 Å². The van der Waals surface area contributed by atoms with E-state index in [1.807, 2.05) is 37.3 Å². The van der Waals surface area contributed by atoms with E-state index in [-0.39, 0.29) is 6.61 Å². The van der Waals surface area contributed by atoms with Crippen molar-refractivity contribution in [1.29, 1.82) is 5.26 Å². The molecule has 0 atom stereocenters. The summed E-state index contributed by atoms with van der Waals surface area (Å²) < 4.78 is 5.70. The lowest BCUT2D eigenvalue weighted by Gasteiger charge is -2.08. The minimum atomic E-state index is -0.152. The van der Waals surface area contributed by atoms with E-state index in [1.165, 1.54) is 0 Å². The molecule has 0 radical (unpaired) electrons. The standard InChI is InChI=1S/C17H14N2O2/c1-13-9-17(5-4-15(13)3-2-8-20)21-12-14-6-7-19-16(10-14)11-18/h4-7,9-10,20H,8,12H2,1H3. The number of pyridine rings is 1. The topological polar surface area (TPSA) is 66.1 Å². The SMILES string of the molecule is Cc1cc(OCc2ccnc(C#N)c2)ccc1C#CCO. The summed E-state index contributed by atoms with van der Waals surface area (Å²) in [6, 6.07) is 11.1. The highest BCUT2D eigenvalue weighted by atomic mass is 16.5. The predicted octanol–water partition coefficient (Wildman–Crippen LogP) is 2.18. The first-order valence-electron chi connectivity index (χ1n) is 6.41. The van der Waals surface area contributed by atoms with Crippen molar-refractivity contribution < 1.29 is 9.84 Å². The van der Waals surface area contributed by atoms with Crippen LogP contribution in [-0.4, -0.2) is 16.7 Å². The number of nitriles is 1. The van der Waals surface area contributed by atoms with Gasteiger partial charge in [0.2, 0.25) is 0 Å². The number of benzene rings is 1. The molecule has 0 aliphatic carbocycles. The number of nitrogens with zero attached hydrogens (tertiary/aromatic N) is 2. The van der Waals surface area contributed by atoms with E-state index in [2.05, 4.69) is 16.8 Å². The molecule has 0 aliphatic heterocycles. The number of ether oxygens (including phenoxy) is 1. The van der Waals surface area contributed by atoms with Gasteiger partial charge < -0.3 is 9.84 Å². The highest BCUT2D eigenvalue weighted by Crippen LogP contribution is 2.18. The molecule has 1 N–H and O–H groups in total. The molecule has 0 bridgehead atoms. The van der Waals surface area contributed by atoms with E-state index >= 15 is 0 Å². The molecule has 0 aliphatic rings. The molecule has 0 saturated carbocycles. The average Bonchev–Trinajstić information content (AvgIpc) is 2.52. The molecular formula is C17H14N2O2. The first-order chi connectivity index (χ1) is 10.2. The van der Waals surface area contributed by atoms with Crippen LogP contribution in [0.1, 0.15) is 22.4 Å². The van der Waals surface area contributed by atoms with E-state index in [0.29, 0.717) is 12.3 Å². The summed E-state index contributed by atoms with van der Waals surface area (Å²) in [5, 5.41) is 17.5. The van der Waals surface area contributed by atoms with E-state index in [0.717, 1.165) is 22.4 Å². The number of aliphatic hydroxyl groups is 1. The molecule has 0 saturated heterocycles. The number of hydrogen-bond donors (Lipinski definition) is 1. The van der Waals surface area contributed by atoms with Gasteiger partial charge in [-0.3, -0.25) is 0 Å². The fraction of sp³-hybridized carbons (Fsp3) is 0.176. The summed E-state index contributed by atoms with van der Waals surface area (Å²) in [5.41, 5.74) is 3.12. The predicted molar refractivity (Wildman–Crippen MR) is 78.4 cm³/mol. The van der Waals surface area contributed by atoms with Crippen molar-refractivity contribution in [2.45, 2.75) is 13.5 Å². The Labute approximate surface area is 123 Å².